The minimum atomic E-state index is -0.696. The SMILES string of the molecule is CC(C)(CCCCCCCCCCCCC1(C(=O)O)CC1)C(=O)O. The maximum absolute atomic E-state index is 11.1. The maximum Gasteiger partial charge on any atom is 0.309 e. The van der Waals surface area contributed by atoms with Crippen LogP contribution in [0.1, 0.15) is 104 Å². The fraction of sp³-hybridized carbons (Fsp3) is 0.900. The predicted octanol–water partition coefficient (Wildman–Crippen LogP) is 5.64. The second-order valence-electron chi connectivity index (χ2n) is 8.31. The molecule has 0 heterocycles. The van der Waals surface area contributed by atoms with E-state index in [2.05, 4.69) is 0 Å². The van der Waals surface area contributed by atoms with Crippen molar-refractivity contribution in [2.75, 3.05) is 0 Å². The average Bonchev–Trinajstić information content (AvgIpc) is 3.29. The Morgan fingerprint density at radius 1 is 0.792 bits per heavy atom. The third-order valence-electron chi connectivity index (χ3n) is 5.59. The van der Waals surface area contributed by atoms with Gasteiger partial charge in [0.2, 0.25) is 0 Å². The number of unbranched alkanes of at least 4 members (excludes halogenated alkanes) is 9. The van der Waals surface area contributed by atoms with Crippen LogP contribution in [0.3, 0.4) is 0 Å². The van der Waals surface area contributed by atoms with Crippen molar-refractivity contribution in [3.8, 4) is 0 Å². The van der Waals surface area contributed by atoms with Crippen LogP contribution < -0.4 is 0 Å². The van der Waals surface area contributed by atoms with Crippen molar-refractivity contribution in [3.05, 3.63) is 0 Å². The first kappa shape index (κ1) is 21.0. The molecule has 0 amide bonds. The molecule has 0 bridgehead atoms. The van der Waals surface area contributed by atoms with Crippen LogP contribution in [-0.2, 0) is 9.59 Å². The molecular formula is C20H36O4. The molecule has 0 saturated heterocycles. The first-order valence-corrected chi connectivity index (χ1v) is 9.77. The molecule has 0 radical (unpaired) electrons. The van der Waals surface area contributed by atoms with Gasteiger partial charge in [0.05, 0.1) is 10.8 Å². The van der Waals surface area contributed by atoms with E-state index in [1.54, 1.807) is 13.8 Å². The van der Waals surface area contributed by atoms with Crippen molar-refractivity contribution in [1.29, 1.82) is 0 Å². The molecule has 24 heavy (non-hydrogen) atoms. The molecule has 0 unspecified atom stereocenters. The molecule has 140 valence electrons. The standard InChI is InChI=1S/C20H36O4/c1-19(2,17(21)22)13-11-9-7-5-3-4-6-8-10-12-14-20(15-16-20)18(23)24/h3-16H2,1-2H3,(H,21,22)(H,23,24). The summed E-state index contributed by atoms with van der Waals surface area (Å²) in [6.45, 7) is 3.60. The van der Waals surface area contributed by atoms with Crippen LogP contribution in [0.2, 0.25) is 0 Å². The molecule has 1 aliphatic carbocycles. The topological polar surface area (TPSA) is 74.6 Å². The predicted molar refractivity (Wildman–Crippen MR) is 96.1 cm³/mol. The van der Waals surface area contributed by atoms with Crippen LogP contribution in [0.4, 0.5) is 0 Å². The van der Waals surface area contributed by atoms with Gasteiger partial charge < -0.3 is 10.2 Å². The van der Waals surface area contributed by atoms with Crippen molar-refractivity contribution < 1.29 is 19.8 Å². The van der Waals surface area contributed by atoms with Gasteiger partial charge in [0.1, 0.15) is 0 Å². The molecule has 0 spiro atoms. The van der Waals surface area contributed by atoms with Crippen LogP contribution in [0, 0.1) is 10.8 Å². The molecule has 0 aliphatic heterocycles. The van der Waals surface area contributed by atoms with E-state index >= 15 is 0 Å². The smallest absolute Gasteiger partial charge is 0.309 e. The number of carbonyl (C=O) groups is 2. The van der Waals surface area contributed by atoms with Gasteiger partial charge in [-0.15, -0.1) is 0 Å². The van der Waals surface area contributed by atoms with Gasteiger partial charge in [0, 0.05) is 0 Å². The van der Waals surface area contributed by atoms with E-state index in [0.717, 1.165) is 44.9 Å². The average molecular weight is 341 g/mol. The van der Waals surface area contributed by atoms with Crippen molar-refractivity contribution in [2.45, 2.75) is 104 Å². The molecule has 4 heteroatoms. The van der Waals surface area contributed by atoms with E-state index in [9.17, 15) is 9.59 Å². The van der Waals surface area contributed by atoms with Crippen LogP contribution in [0.5, 0.6) is 0 Å². The molecule has 1 saturated carbocycles. The van der Waals surface area contributed by atoms with Crippen LogP contribution in [-0.4, -0.2) is 22.2 Å². The number of rotatable bonds is 15. The lowest BCUT2D eigenvalue weighted by Crippen LogP contribution is -2.23. The molecule has 1 aliphatic rings. The minimum Gasteiger partial charge on any atom is -0.481 e. The normalized spacial score (nSPS) is 16.1. The van der Waals surface area contributed by atoms with E-state index in [0.29, 0.717) is 0 Å². The molecule has 1 rings (SSSR count). The number of carboxylic acids is 2. The fourth-order valence-corrected chi connectivity index (χ4v) is 3.27. The quantitative estimate of drug-likeness (QED) is 0.378. The molecule has 2 N–H and O–H groups in total. The van der Waals surface area contributed by atoms with Gasteiger partial charge in [-0.25, -0.2) is 0 Å². The minimum absolute atomic E-state index is 0.338. The van der Waals surface area contributed by atoms with E-state index in [1.807, 2.05) is 0 Å². The summed E-state index contributed by atoms with van der Waals surface area (Å²) in [6, 6.07) is 0. The monoisotopic (exact) mass is 340 g/mol. The largest absolute Gasteiger partial charge is 0.481 e. The summed E-state index contributed by atoms with van der Waals surface area (Å²) >= 11 is 0. The molecule has 0 atom stereocenters. The summed E-state index contributed by atoms with van der Waals surface area (Å²) in [5.41, 5.74) is -0.922. The molecule has 1 fully saturated rings. The molecule has 0 aromatic heterocycles. The number of hydrogen-bond acceptors (Lipinski definition) is 2. The summed E-state index contributed by atoms with van der Waals surface area (Å²) in [7, 11) is 0. The Morgan fingerprint density at radius 3 is 1.58 bits per heavy atom. The number of hydrogen-bond donors (Lipinski definition) is 2. The van der Waals surface area contributed by atoms with Crippen LogP contribution in [0.25, 0.3) is 0 Å². The fourth-order valence-electron chi connectivity index (χ4n) is 3.27. The summed E-state index contributed by atoms with van der Waals surface area (Å²) in [5, 5.41) is 18.2. The van der Waals surface area contributed by atoms with E-state index < -0.39 is 17.4 Å². The van der Waals surface area contributed by atoms with Gasteiger partial charge >= 0.3 is 11.9 Å². The second-order valence-corrected chi connectivity index (χ2v) is 8.31. The third-order valence-corrected chi connectivity index (χ3v) is 5.59. The van der Waals surface area contributed by atoms with Gasteiger partial charge in [-0.1, -0.05) is 64.2 Å². The Kier molecular flexibility index (Phi) is 8.79. The van der Waals surface area contributed by atoms with Crippen molar-refractivity contribution in [3.63, 3.8) is 0 Å². The van der Waals surface area contributed by atoms with Crippen LogP contribution in [0.15, 0.2) is 0 Å². The Balaban J connectivity index is 1.83. The zero-order valence-electron chi connectivity index (χ0n) is 15.6. The molecule has 4 nitrogen and oxygen atoms in total. The van der Waals surface area contributed by atoms with Crippen molar-refractivity contribution in [2.24, 2.45) is 10.8 Å². The lowest BCUT2D eigenvalue weighted by atomic mass is 9.87. The van der Waals surface area contributed by atoms with Crippen molar-refractivity contribution >= 4 is 11.9 Å². The Bertz CT molecular complexity index is 370. The zero-order chi connectivity index (χ0) is 18.1. The van der Waals surface area contributed by atoms with Gasteiger partial charge in [0.15, 0.2) is 0 Å². The Morgan fingerprint density at radius 2 is 1.21 bits per heavy atom. The highest BCUT2D eigenvalue weighted by Gasteiger charge is 2.49. The molecule has 0 aromatic rings. The van der Waals surface area contributed by atoms with E-state index in [1.165, 1.54) is 44.9 Å². The lowest BCUT2D eigenvalue weighted by molar-refractivity contribution is -0.147. The molecule has 0 aromatic carbocycles. The van der Waals surface area contributed by atoms with Crippen molar-refractivity contribution in [1.82, 2.24) is 0 Å². The lowest BCUT2D eigenvalue weighted by Gasteiger charge is -2.18. The summed E-state index contributed by atoms with van der Waals surface area (Å²) < 4.78 is 0. The van der Waals surface area contributed by atoms with Gasteiger partial charge in [-0.2, -0.15) is 0 Å². The first-order valence-electron chi connectivity index (χ1n) is 9.77. The highest BCUT2D eigenvalue weighted by Crippen LogP contribution is 2.50. The van der Waals surface area contributed by atoms with Gasteiger partial charge in [0.25, 0.3) is 0 Å². The number of carboxylic acid groups (broad SMARTS) is 2. The first-order chi connectivity index (χ1) is 11.3. The summed E-state index contributed by atoms with van der Waals surface area (Å²) in [4.78, 5) is 22.1. The maximum atomic E-state index is 11.1. The van der Waals surface area contributed by atoms with Gasteiger partial charge in [-0.3, -0.25) is 9.59 Å². The summed E-state index contributed by atoms with van der Waals surface area (Å²) in [5.74, 6) is -1.28. The van der Waals surface area contributed by atoms with Crippen LogP contribution >= 0.6 is 0 Å². The second kappa shape index (κ2) is 10.0. The highest BCUT2D eigenvalue weighted by molar-refractivity contribution is 5.77. The Hall–Kier alpha value is -1.06. The molecular weight excluding hydrogens is 304 g/mol. The summed E-state index contributed by atoms with van der Waals surface area (Å²) in [6.07, 6.45) is 15.2. The van der Waals surface area contributed by atoms with E-state index in [4.69, 9.17) is 10.2 Å². The third kappa shape index (κ3) is 7.67. The van der Waals surface area contributed by atoms with E-state index in [-0.39, 0.29) is 5.41 Å². The van der Waals surface area contributed by atoms with Gasteiger partial charge in [-0.05, 0) is 39.5 Å². The number of aliphatic carboxylic acids is 2. The Labute approximate surface area is 147 Å². The highest BCUT2D eigenvalue weighted by atomic mass is 16.4. The zero-order valence-corrected chi connectivity index (χ0v) is 15.6.